The Hall–Kier alpha value is -3.02. The maximum absolute atomic E-state index is 12.0. The van der Waals surface area contributed by atoms with E-state index < -0.39 is 0 Å². The Bertz CT molecular complexity index is 662. The summed E-state index contributed by atoms with van der Waals surface area (Å²) in [6, 6.07) is 6.99. The van der Waals surface area contributed by atoms with Gasteiger partial charge in [0.05, 0.1) is 30.2 Å². The number of nitrogens with zero attached hydrogens (tertiary/aromatic N) is 5. The Morgan fingerprint density at radius 2 is 2.12 bits per heavy atom. The van der Waals surface area contributed by atoms with E-state index >= 15 is 0 Å². The molecule has 0 unspecified atom stereocenters. The van der Waals surface area contributed by atoms with E-state index in [4.69, 9.17) is 14.8 Å². The lowest BCUT2D eigenvalue weighted by atomic mass is 10.1. The van der Waals surface area contributed by atoms with Crippen LogP contribution >= 0.6 is 0 Å². The highest BCUT2D eigenvalue weighted by molar-refractivity contribution is 5.67. The number of carbonyl (C=O) groups excluding carboxylic acids is 1. The molecule has 1 aromatic carbocycles. The lowest BCUT2D eigenvalue weighted by molar-refractivity contribution is -0.708. The first-order chi connectivity index (χ1) is 11.5. The van der Waals surface area contributed by atoms with Crippen molar-refractivity contribution >= 4 is 6.09 Å². The minimum absolute atomic E-state index is 0.217. The summed E-state index contributed by atoms with van der Waals surface area (Å²) >= 11 is 0. The molecule has 1 fully saturated rings. The van der Waals surface area contributed by atoms with E-state index in [1.807, 2.05) is 13.0 Å². The number of benzene rings is 1. The van der Waals surface area contributed by atoms with Crippen LogP contribution in [-0.2, 0) is 4.74 Å². The van der Waals surface area contributed by atoms with Crippen molar-refractivity contribution in [3.63, 3.8) is 0 Å². The number of rotatable bonds is 4. The van der Waals surface area contributed by atoms with Gasteiger partial charge in [-0.2, -0.15) is 5.26 Å². The highest BCUT2D eigenvalue weighted by atomic mass is 16.7. The predicted molar refractivity (Wildman–Crippen MR) is 82.7 cm³/mol. The summed E-state index contributed by atoms with van der Waals surface area (Å²) < 4.78 is 4.92. The van der Waals surface area contributed by atoms with Crippen molar-refractivity contribution in [3.05, 3.63) is 34.5 Å². The third-order valence-corrected chi connectivity index (χ3v) is 3.49. The Balaban J connectivity index is 1.93. The summed E-state index contributed by atoms with van der Waals surface area (Å²) in [5, 5.41) is 25.9. The van der Waals surface area contributed by atoms with Crippen LogP contribution < -0.4 is 4.84 Å². The van der Waals surface area contributed by atoms with E-state index in [9.17, 15) is 10.0 Å². The minimum Gasteiger partial charge on any atom is -0.569 e. The van der Waals surface area contributed by atoms with Crippen LogP contribution in [0.4, 0.5) is 4.79 Å². The van der Waals surface area contributed by atoms with E-state index in [0.717, 1.165) is 5.56 Å². The molecule has 128 valence electrons. The van der Waals surface area contributed by atoms with Gasteiger partial charge >= 0.3 is 6.09 Å². The molecule has 1 heterocycles. The molecule has 24 heavy (non-hydrogen) atoms. The van der Waals surface area contributed by atoms with Crippen molar-refractivity contribution in [2.24, 2.45) is 5.28 Å². The van der Waals surface area contributed by atoms with Gasteiger partial charge in [-0.1, -0.05) is 6.07 Å². The summed E-state index contributed by atoms with van der Waals surface area (Å²) in [6.45, 7) is 5.26. The Labute approximate surface area is 139 Å². The van der Waals surface area contributed by atoms with Gasteiger partial charge in [0.2, 0.25) is 5.28 Å². The molecule has 0 radical (unpaired) electrons. The zero-order chi connectivity index (χ0) is 17.5. The van der Waals surface area contributed by atoms with E-state index in [0.29, 0.717) is 43.3 Å². The van der Waals surface area contributed by atoms with E-state index in [1.54, 1.807) is 25.1 Å². The minimum atomic E-state index is -0.388. The molecular formula is C15H19N5O4. The first-order valence-electron chi connectivity index (χ1n) is 7.57. The number of ether oxygens (including phenoxy) is 1. The average molecular weight is 333 g/mol. The summed E-state index contributed by atoms with van der Waals surface area (Å²) in [5.41, 5.74) is 1.22. The Morgan fingerprint density at radius 1 is 1.42 bits per heavy atom. The molecule has 9 heteroatoms. The van der Waals surface area contributed by atoms with Gasteiger partial charge in [0.1, 0.15) is 6.07 Å². The lowest BCUT2D eigenvalue weighted by Gasteiger charge is -2.30. The number of carbonyl (C=O) groups is 1. The second-order valence-corrected chi connectivity index (χ2v) is 5.18. The van der Waals surface area contributed by atoms with Crippen LogP contribution in [0.15, 0.2) is 23.5 Å². The van der Waals surface area contributed by atoms with Crippen LogP contribution in [0.25, 0.3) is 0 Å². The predicted octanol–water partition coefficient (Wildman–Crippen LogP) is 1.81. The molecule has 0 saturated carbocycles. The zero-order valence-electron chi connectivity index (χ0n) is 13.6. The zero-order valence-corrected chi connectivity index (χ0v) is 13.6. The third kappa shape index (κ3) is 4.25. The number of aryl methyl sites for hydroxylation is 1. The lowest BCUT2D eigenvalue weighted by Crippen LogP contribution is -2.50. The fourth-order valence-corrected chi connectivity index (χ4v) is 2.21. The summed E-state index contributed by atoms with van der Waals surface area (Å²) in [5.74, 6) is 0.217. The molecule has 0 atom stereocenters. The monoisotopic (exact) mass is 333 g/mol. The fourth-order valence-electron chi connectivity index (χ4n) is 2.21. The van der Waals surface area contributed by atoms with E-state index in [-0.39, 0.29) is 11.8 Å². The molecule has 1 saturated heterocycles. The molecule has 0 aromatic heterocycles. The fraction of sp³-hybridized carbons (Fsp3) is 0.467. The summed E-state index contributed by atoms with van der Waals surface area (Å²) in [6.07, 6.45) is -0.388. The SMILES string of the molecule is CCOC(=O)N1CCN(/[N+]([O-])=N/Oc2ccc(C)cc2C#N)CC1. The second kappa shape index (κ2) is 8.01. The van der Waals surface area contributed by atoms with Gasteiger partial charge in [0, 0.05) is 13.1 Å². The van der Waals surface area contributed by atoms with Gasteiger partial charge in [-0.05, 0) is 31.5 Å². The van der Waals surface area contributed by atoms with Crippen LogP contribution in [0.5, 0.6) is 5.75 Å². The average Bonchev–Trinajstić information content (AvgIpc) is 2.60. The molecule has 1 aromatic rings. The first-order valence-corrected chi connectivity index (χ1v) is 7.57. The largest absolute Gasteiger partial charge is 0.569 e. The standard InChI is InChI=1S/C15H19N5O4/c1-3-23-15(21)18-6-8-19(9-7-18)20(22)17-24-14-5-4-12(2)10-13(14)11-16/h4-5,10H,3,6-9H2,1-2H3/b20-17-. The summed E-state index contributed by atoms with van der Waals surface area (Å²) in [7, 11) is 0. The normalized spacial score (nSPS) is 15.0. The Kier molecular flexibility index (Phi) is 5.78. The first kappa shape index (κ1) is 17.3. The van der Waals surface area contributed by atoms with Gasteiger partial charge in [-0.25, -0.2) is 4.79 Å². The maximum Gasteiger partial charge on any atom is 0.409 e. The molecule has 0 bridgehead atoms. The molecular weight excluding hydrogens is 314 g/mol. The smallest absolute Gasteiger partial charge is 0.409 e. The van der Waals surface area contributed by atoms with E-state index in [1.165, 1.54) is 9.91 Å². The number of hydrogen-bond donors (Lipinski definition) is 0. The van der Waals surface area contributed by atoms with Gasteiger partial charge in [-0.3, -0.25) is 0 Å². The van der Waals surface area contributed by atoms with Crippen molar-refractivity contribution < 1.29 is 19.3 Å². The number of hydrazine groups is 1. The van der Waals surface area contributed by atoms with Gasteiger partial charge in [0.15, 0.2) is 5.75 Å². The molecule has 1 aliphatic heterocycles. The highest BCUT2D eigenvalue weighted by Crippen LogP contribution is 2.19. The highest BCUT2D eigenvalue weighted by Gasteiger charge is 2.26. The van der Waals surface area contributed by atoms with Crippen molar-refractivity contribution in [2.75, 3.05) is 32.8 Å². The van der Waals surface area contributed by atoms with Crippen LogP contribution in [0.2, 0.25) is 0 Å². The maximum atomic E-state index is 12.0. The molecule has 2 rings (SSSR count). The quantitative estimate of drug-likeness (QED) is 0.473. The molecule has 0 N–H and O–H groups in total. The van der Waals surface area contributed by atoms with Gasteiger partial charge in [-0.15, -0.1) is 5.01 Å². The molecule has 0 spiro atoms. The molecule has 1 amide bonds. The van der Waals surface area contributed by atoms with Crippen molar-refractivity contribution in [2.45, 2.75) is 13.8 Å². The van der Waals surface area contributed by atoms with Crippen LogP contribution in [-0.4, -0.2) is 53.8 Å². The van der Waals surface area contributed by atoms with Crippen molar-refractivity contribution in [1.29, 1.82) is 5.26 Å². The van der Waals surface area contributed by atoms with Gasteiger partial charge in [0.25, 0.3) is 0 Å². The number of hydrogen-bond acceptors (Lipinski definition) is 6. The molecule has 1 aliphatic rings. The van der Waals surface area contributed by atoms with E-state index in [2.05, 4.69) is 5.28 Å². The van der Waals surface area contributed by atoms with Crippen LogP contribution in [0.3, 0.4) is 0 Å². The third-order valence-electron chi connectivity index (χ3n) is 3.49. The van der Waals surface area contributed by atoms with Crippen LogP contribution in [0.1, 0.15) is 18.1 Å². The molecule has 0 aliphatic carbocycles. The second-order valence-electron chi connectivity index (χ2n) is 5.18. The topological polar surface area (TPSA) is 104 Å². The van der Waals surface area contributed by atoms with Crippen molar-refractivity contribution in [1.82, 2.24) is 9.91 Å². The van der Waals surface area contributed by atoms with Crippen LogP contribution in [0, 0.1) is 23.5 Å². The number of nitriles is 1. The van der Waals surface area contributed by atoms with Gasteiger partial charge < -0.3 is 19.7 Å². The van der Waals surface area contributed by atoms with Crippen molar-refractivity contribution in [3.8, 4) is 11.8 Å². The number of piperazine rings is 1. The Morgan fingerprint density at radius 3 is 2.75 bits per heavy atom. The summed E-state index contributed by atoms with van der Waals surface area (Å²) in [4.78, 5) is 18.5. The number of amides is 1. The molecule has 9 nitrogen and oxygen atoms in total.